The van der Waals surface area contributed by atoms with Crippen molar-refractivity contribution in [1.82, 2.24) is 9.55 Å². The maximum absolute atomic E-state index is 13.8. The molecule has 1 atom stereocenters. The molecule has 0 aliphatic heterocycles. The Bertz CT molecular complexity index is 528. The number of aliphatic hydroxyl groups excluding tert-OH is 1. The molecule has 3 nitrogen and oxygen atoms in total. The summed E-state index contributed by atoms with van der Waals surface area (Å²) >= 11 is 0. The van der Waals surface area contributed by atoms with Crippen LogP contribution in [0.4, 0.5) is 17.6 Å². The van der Waals surface area contributed by atoms with Crippen molar-refractivity contribution in [1.29, 1.82) is 0 Å². The van der Waals surface area contributed by atoms with E-state index in [0.717, 1.165) is 18.3 Å². The summed E-state index contributed by atoms with van der Waals surface area (Å²) in [6.07, 6.45) is -0.373. The van der Waals surface area contributed by atoms with Crippen LogP contribution in [-0.4, -0.2) is 20.6 Å². The molecule has 19 heavy (non-hydrogen) atoms. The molecule has 2 rings (SSSR count). The zero-order chi connectivity index (χ0) is 14.1. The zero-order valence-corrected chi connectivity index (χ0v) is 9.55. The van der Waals surface area contributed by atoms with Crippen molar-refractivity contribution in [2.45, 2.75) is 18.1 Å². The maximum atomic E-state index is 13.8. The molecule has 0 saturated carbocycles. The molecule has 1 aromatic carbocycles. The SMILES string of the molecule is O[C@H](c1ccccc1)C(F)(F)C(F)(F)n1ccnc1. The molecule has 0 aliphatic carbocycles. The number of alkyl halides is 4. The molecule has 1 aromatic heterocycles. The Morgan fingerprint density at radius 1 is 1.11 bits per heavy atom. The van der Waals surface area contributed by atoms with Crippen molar-refractivity contribution < 1.29 is 22.7 Å². The molecular weight excluding hydrogens is 264 g/mol. The first-order valence-corrected chi connectivity index (χ1v) is 5.34. The van der Waals surface area contributed by atoms with Crippen molar-refractivity contribution >= 4 is 0 Å². The lowest BCUT2D eigenvalue weighted by Gasteiger charge is -2.30. The van der Waals surface area contributed by atoms with E-state index in [9.17, 15) is 22.7 Å². The van der Waals surface area contributed by atoms with Crippen LogP contribution in [0.25, 0.3) is 0 Å². The van der Waals surface area contributed by atoms with E-state index in [2.05, 4.69) is 4.98 Å². The number of hydrogen-bond acceptors (Lipinski definition) is 2. The second-order valence-corrected chi connectivity index (χ2v) is 3.95. The lowest BCUT2D eigenvalue weighted by molar-refractivity contribution is -0.298. The molecule has 0 amide bonds. The zero-order valence-electron chi connectivity index (χ0n) is 9.55. The first-order chi connectivity index (χ1) is 8.87. The number of aliphatic hydroxyl groups is 1. The van der Waals surface area contributed by atoms with Crippen LogP contribution in [-0.2, 0) is 6.05 Å². The quantitative estimate of drug-likeness (QED) is 0.871. The van der Waals surface area contributed by atoms with Crippen molar-refractivity contribution in [2.24, 2.45) is 0 Å². The number of imidazole rings is 1. The van der Waals surface area contributed by atoms with E-state index in [1.807, 2.05) is 0 Å². The Hall–Kier alpha value is -1.89. The first-order valence-electron chi connectivity index (χ1n) is 5.34. The normalized spacial score (nSPS) is 14.4. The van der Waals surface area contributed by atoms with Gasteiger partial charge >= 0.3 is 12.0 Å². The van der Waals surface area contributed by atoms with Gasteiger partial charge in [0.2, 0.25) is 0 Å². The average Bonchev–Trinajstić information content (AvgIpc) is 2.93. The van der Waals surface area contributed by atoms with Crippen LogP contribution in [0.2, 0.25) is 0 Å². The Morgan fingerprint density at radius 3 is 2.26 bits per heavy atom. The summed E-state index contributed by atoms with van der Waals surface area (Å²) in [7, 11) is 0. The number of halogens is 4. The van der Waals surface area contributed by atoms with E-state index < -0.39 is 18.1 Å². The van der Waals surface area contributed by atoms with Gasteiger partial charge in [0, 0.05) is 12.4 Å². The van der Waals surface area contributed by atoms with Crippen LogP contribution in [0.3, 0.4) is 0 Å². The lowest BCUT2D eigenvalue weighted by Crippen LogP contribution is -2.46. The number of hydrogen-bond donors (Lipinski definition) is 1. The van der Waals surface area contributed by atoms with Gasteiger partial charge in [-0.05, 0) is 5.56 Å². The minimum Gasteiger partial charge on any atom is -0.382 e. The van der Waals surface area contributed by atoms with Crippen LogP contribution in [0.1, 0.15) is 11.7 Å². The number of benzene rings is 1. The molecule has 1 N–H and O–H groups in total. The third kappa shape index (κ3) is 2.21. The largest absolute Gasteiger partial charge is 0.396 e. The van der Waals surface area contributed by atoms with Crippen molar-refractivity contribution in [3.63, 3.8) is 0 Å². The average molecular weight is 274 g/mol. The van der Waals surface area contributed by atoms with E-state index in [4.69, 9.17) is 0 Å². The van der Waals surface area contributed by atoms with Crippen molar-refractivity contribution in [3.8, 4) is 0 Å². The van der Waals surface area contributed by atoms with Crippen LogP contribution < -0.4 is 0 Å². The highest BCUT2D eigenvalue weighted by Crippen LogP contribution is 2.46. The van der Waals surface area contributed by atoms with E-state index in [1.165, 1.54) is 18.2 Å². The molecule has 0 bridgehead atoms. The molecule has 7 heteroatoms. The highest BCUT2D eigenvalue weighted by molar-refractivity contribution is 5.20. The summed E-state index contributed by atoms with van der Waals surface area (Å²) in [4.78, 5) is 3.30. The molecule has 102 valence electrons. The molecule has 0 unspecified atom stereocenters. The molecule has 1 heterocycles. The number of aromatic nitrogens is 2. The standard InChI is InChI=1S/C12H10F4N2O/c13-11(14,10(19)9-4-2-1-3-5-9)12(15,16)18-7-6-17-8-18/h1-8,10,19H/t10-/m1/s1. The van der Waals surface area contributed by atoms with Gasteiger partial charge in [-0.1, -0.05) is 30.3 Å². The predicted molar refractivity (Wildman–Crippen MR) is 58.8 cm³/mol. The Balaban J connectivity index is 2.37. The van der Waals surface area contributed by atoms with Gasteiger partial charge in [-0.2, -0.15) is 17.6 Å². The van der Waals surface area contributed by atoms with E-state index in [0.29, 0.717) is 12.5 Å². The summed E-state index contributed by atoms with van der Waals surface area (Å²) in [6, 6.07) is 2.01. The topological polar surface area (TPSA) is 38.0 Å². The third-order valence-electron chi connectivity index (χ3n) is 2.69. The Kier molecular flexibility index (Phi) is 3.32. The first kappa shape index (κ1) is 13.5. The van der Waals surface area contributed by atoms with Gasteiger partial charge in [0.25, 0.3) is 0 Å². The predicted octanol–water partition coefficient (Wildman–Crippen LogP) is 2.80. The van der Waals surface area contributed by atoms with Gasteiger partial charge in [-0.25, -0.2) is 4.98 Å². The second-order valence-electron chi connectivity index (χ2n) is 3.95. The van der Waals surface area contributed by atoms with E-state index >= 15 is 0 Å². The molecule has 0 saturated heterocycles. The van der Waals surface area contributed by atoms with Crippen LogP contribution in [0.5, 0.6) is 0 Å². The fourth-order valence-electron chi connectivity index (χ4n) is 1.61. The molecular formula is C12H10F4N2O. The molecule has 0 fully saturated rings. The minimum absolute atomic E-state index is 0.0286. The van der Waals surface area contributed by atoms with E-state index in [1.54, 1.807) is 0 Å². The van der Waals surface area contributed by atoms with Crippen LogP contribution in [0.15, 0.2) is 49.1 Å². The summed E-state index contributed by atoms with van der Waals surface area (Å²) in [5.74, 6) is -4.67. The fourth-order valence-corrected chi connectivity index (χ4v) is 1.61. The number of nitrogens with zero attached hydrogens (tertiary/aromatic N) is 2. The van der Waals surface area contributed by atoms with Crippen molar-refractivity contribution in [2.75, 3.05) is 0 Å². The maximum Gasteiger partial charge on any atom is 0.396 e. The van der Waals surface area contributed by atoms with Crippen LogP contribution >= 0.6 is 0 Å². The van der Waals surface area contributed by atoms with Gasteiger partial charge in [0.1, 0.15) is 0 Å². The van der Waals surface area contributed by atoms with Gasteiger partial charge in [-0.15, -0.1) is 0 Å². The van der Waals surface area contributed by atoms with E-state index in [-0.39, 0.29) is 10.1 Å². The van der Waals surface area contributed by atoms with Gasteiger partial charge in [0.15, 0.2) is 6.10 Å². The Labute approximate surface area is 106 Å². The fraction of sp³-hybridized carbons (Fsp3) is 0.250. The molecule has 0 spiro atoms. The summed E-state index contributed by atoms with van der Waals surface area (Å²) in [5.41, 5.74) is -0.285. The third-order valence-corrected chi connectivity index (χ3v) is 2.69. The monoisotopic (exact) mass is 274 g/mol. The lowest BCUT2D eigenvalue weighted by atomic mass is 10.0. The second kappa shape index (κ2) is 4.65. The summed E-state index contributed by atoms with van der Waals surface area (Å²) in [6.45, 7) is 0. The van der Waals surface area contributed by atoms with Crippen LogP contribution in [0, 0.1) is 0 Å². The summed E-state index contributed by atoms with van der Waals surface area (Å²) < 4.78 is 55.0. The highest BCUT2D eigenvalue weighted by Gasteiger charge is 2.62. The van der Waals surface area contributed by atoms with Gasteiger partial charge in [-0.3, -0.25) is 4.57 Å². The molecule has 2 aromatic rings. The highest BCUT2D eigenvalue weighted by atomic mass is 19.3. The summed E-state index contributed by atoms with van der Waals surface area (Å²) in [5, 5.41) is 9.52. The number of rotatable bonds is 4. The Morgan fingerprint density at radius 2 is 1.74 bits per heavy atom. The smallest absolute Gasteiger partial charge is 0.382 e. The molecule has 0 radical (unpaired) electrons. The van der Waals surface area contributed by atoms with Gasteiger partial charge < -0.3 is 5.11 Å². The molecule has 0 aliphatic rings. The van der Waals surface area contributed by atoms with Gasteiger partial charge in [0.05, 0.1) is 6.33 Å². The minimum atomic E-state index is -4.67. The van der Waals surface area contributed by atoms with Crippen molar-refractivity contribution in [3.05, 3.63) is 54.6 Å².